The number of hydrogen-bond acceptors (Lipinski definition) is 3. The van der Waals surface area contributed by atoms with Crippen molar-refractivity contribution in [2.75, 3.05) is 0 Å². The molecule has 4 aromatic rings. The lowest BCUT2D eigenvalue weighted by Crippen LogP contribution is -2.20. The molecule has 0 aliphatic carbocycles. The molecule has 162 valence electrons. The van der Waals surface area contributed by atoms with E-state index in [0.29, 0.717) is 31.9 Å². The zero-order valence-electron chi connectivity index (χ0n) is 17.0. The van der Waals surface area contributed by atoms with E-state index in [1.807, 2.05) is 25.1 Å². The van der Waals surface area contributed by atoms with Gasteiger partial charge in [-0.1, -0.05) is 53.0 Å². The van der Waals surface area contributed by atoms with Crippen LogP contribution in [0.2, 0.25) is 15.1 Å². The second kappa shape index (κ2) is 8.82. The number of amides is 1. The second-order valence-corrected chi connectivity index (χ2v) is 8.47. The Balaban J connectivity index is 1.77. The minimum absolute atomic E-state index is 0.102. The molecule has 0 bridgehead atoms. The van der Waals surface area contributed by atoms with Crippen LogP contribution in [0.5, 0.6) is 0 Å². The van der Waals surface area contributed by atoms with Gasteiger partial charge in [0.1, 0.15) is 5.69 Å². The molecular weight excluding hydrogens is 471 g/mol. The van der Waals surface area contributed by atoms with Crippen LogP contribution in [0.4, 0.5) is 0 Å². The fraction of sp³-hybridized carbons (Fsp3) is 0.0870. The summed E-state index contributed by atoms with van der Waals surface area (Å²) in [6.45, 7) is 3.56. The van der Waals surface area contributed by atoms with Crippen molar-refractivity contribution in [1.82, 2.24) is 14.9 Å². The van der Waals surface area contributed by atoms with Crippen molar-refractivity contribution in [2.24, 2.45) is 4.99 Å². The summed E-state index contributed by atoms with van der Waals surface area (Å²) in [5, 5.41) is 18.5. The molecule has 0 spiro atoms. The van der Waals surface area contributed by atoms with Crippen LogP contribution in [0, 0.1) is 13.8 Å². The Morgan fingerprint density at radius 2 is 1.69 bits per heavy atom. The number of nitrogens with one attached hydrogen (secondary N) is 1. The average Bonchev–Trinajstić information content (AvgIpc) is 3.12. The van der Waals surface area contributed by atoms with Crippen molar-refractivity contribution in [2.45, 2.75) is 13.8 Å². The molecule has 2 aromatic carbocycles. The highest BCUT2D eigenvalue weighted by Crippen LogP contribution is 2.38. The van der Waals surface area contributed by atoms with Crippen LogP contribution in [-0.2, 0) is 0 Å². The molecule has 0 saturated heterocycles. The predicted octanol–water partition coefficient (Wildman–Crippen LogP) is 6.10. The van der Waals surface area contributed by atoms with Gasteiger partial charge in [-0.2, -0.15) is 14.8 Å². The van der Waals surface area contributed by atoms with Gasteiger partial charge in [-0.25, -0.2) is 0 Å². The van der Waals surface area contributed by atoms with E-state index >= 15 is 0 Å². The molecule has 0 aliphatic rings. The molecule has 0 saturated carbocycles. The van der Waals surface area contributed by atoms with Crippen LogP contribution in [0.15, 0.2) is 59.7 Å². The topological polar surface area (TPSA) is 83.3 Å². The van der Waals surface area contributed by atoms with Crippen LogP contribution in [0.1, 0.15) is 21.6 Å². The molecule has 2 aromatic heterocycles. The van der Waals surface area contributed by atoms with Gasteiger partial charge in [-0.15, -0.1) is 0 Å². The molecule has 1 amide bonds. The summed E-state index contributed by atoms with van der Waals surface area (Å²) in [5.74, 6) is -0.573. The summed E-state index contributed by atoms with van der Waals surface area (Å²) in [6.07, 6.45) is 1.46. The van der Waals surface area contributed by atoms with Crippen molar-refractivity contribution in [3.63, 3.8) is 0 Å². The molecule has 0 atom stereocenters. The van der Waals surface area contributed by atoms with E-state index in [1.54, 1.807) is 37.3 Å². The van der Waals surface area contributed by atoms with Gasteiger partial charge in [0.05, 0.1) is 10.7 Å². The summed E-state index contributed by atoms with van der Waals surface area (Å²) < 4.78 is 0.800. The monoisotopic (exact) mass is 486 g/mol. The molecule has 2 N–H and O–H groups in total. The van der Waals surface area contributed by atoms with Crippen molar-refractivity contribution in [3.8, 4) is 22.4 Å². The number of benzene rings is 2. The Bertz CT molecular complexity index is 1410. The maximum atomic E-state index is 12.7. The summed E-state index contributed by atoms with van der Waals surface area (Å²) in [7, 11) is 0. The van der Waals surface area contributed by atoms with Crippen LogP contribution >= 0.6 is 34.8 Å². The zero-order chi connectivity index (χ0) is 23.0. The highest BCUT2D eigenvalue weighted by molar-refractivity contribution is 6.38. The van der Waals surface area contributed by atoms with Gasteiger partial charge in [-0.3, -0.25) is 9.89 Å². The number of H-pyrrole nitrogens is 1. The Morgan fingerprint density at radius 1 is 1.00 bits per heavy atom. The first-order chi connectivity index (χ1) is 15.2. The smallest absolute Gasteiger partial charge is 0.297 e. The fourth-order valence-corrected chi connectivity index (χ4v) is 3.99. The Labute approximate surface area is 198 Å². The van der Waals surface area contributed by atoms with Crippen LogP contribution < -0.4 is 5.49 Å². The SMILES string of the molecule is Cc1ccc(=NC(=O)c2[nH]nc(-c3cc(-c4ccc(Cl)cc4)c(Cl)cc3Cl)c2C)n(O)c1. The number of halogens is 3. The summed E-state index contributed by atoms with van der Waals surface area (Å²) in [4.78, 5) is 16.7. The first-order valence-electron chi connectivity index (χ1n) is 9.52. The summed E-state index contributed by atoms with van der Waals surface area (Å²) in [5.41, 5.74) is 4.43. The first kappa shape index (κ1) is 22.1. The minimum atomic E-state index is -0.573. The van der Waals surface area contributed by atoms with E-state index in [4.69, 9.17) is 34.8 Å². The highest BCUT2D eigenvalue weighted by Gasteiger charge is 2.20. The quantitative estimate of drug-likeness (QED) is 0.342. The molecule has 0 radical (unpaired) electrons. The van der Waals surface area contributed by atoms with Crippen molar-refractivity contribution in [1.29, 1.82) is 0 Å². The van der Waals surface area contributed by atoms with Gasteiger partial charge in [0.15, 0.2) is 5.49 Å². The zero-order valence-corrected chi connectivity index (χ0v) is 19.3. The summed E-state index contributed by atoms with van der Waals surface area (Å²) in [6, 6.07) is 14.0. The van der Waals surface area contributed by atoms with E-state index in [9.17, 15) is 10.0 Å². The molecule has 0 unspecified atom stereocenters. The van der Waals surface area contributed by atoms with Gasteiger partial charge in [-0.05, 0) is 55.3 Å². The highest BCUT2D eigenvalue weighted by atomic mass is 35.5. The van der Waals surface area contributed by atoms with Crippen molar-refractivity contribution in [3.05, 3.63) is 92.1 Å². The van der Waals surface area contributed by atoms with Gasteiger partial charge >= 0.3 is 0 Å². The van der Waals surface area contributed by atoms with Crippen molar-refractivity contribution < 1.29 is 10.0 Å². The molecule has 9 heteroatoms. The molecule has 2 heterocycles. The van der Waals surface area contributed by atoms with Crippen molar-refractivity contribution >= 4 is 40.7 Å². The number of hydrogen-bond donors (Lipinski definition) is 2. The number of rotatable bonds is 3. The normalized spacial score (nSPS) is 11.7. The third-order valence-electron chi connectivity index (χ3n) is 4.96. The van der Waals surface area contributed by atoms with E-state index in [1.165, 1.54) is 6.20 Å². The molecule has 32 heavy (non-hydrogen) atoms. The fourth-order valence-electron chi connectivity index (χ4n) is 3.28. The van der Waals surface area contributed by atoms with Gasteiger partial charge in [0.2, 0.25) is 0 Å². The van der Waals surface area contributed by atoms with E-state index in [0.717, 1.165) is 21.4 Å². The molecule has 0 fully saturated rings. The maximum absolute atomic E-state index is 12.7. The van der Waals surface area contributed by atoms with Crippen LogP contribution in [0.25, 0.3) is 22.4 Å². The lowest BCUT2D eigenvalue weighted by atomic mass is 9.99. The number of pyridine rings is 1. The molecule has 4 rings (SSSR count). The van der Waals surface area contributed by atoms with E-state index < -0.39 is 5.91 Å². The van der Waals surface area contributed by atoms with E-state index in [-0.39, 0.29) is 11.2 Å². The predicted molar refractivity (Wildman–Crippen MR) is 125 cm³/mol. The Hall–Kier alpha value is -3.06. The van der Waals surface area contributed by atoms with Gasteiger partial charge in [0.25, 0.3) is 5.91 Å². The van der Waals surface area contributed by atoms with Crippen LogP contribution in [0.3, 0.4) is 0 Å². The molecule has 0 aliphatic heterocycles. The number of carbonyl (C=O) groups excluding carboxylic acids is 1. The third-order valence-corrected chi connectivity index (χ3v) is 5.84. The number of carbonyl (C=O) groups is 1. The maximum Gasteiger partial charge on any atom is 0.297 e. The minimum Gasteiger partial charge on any atom is -0.427 e. The lowest BCUT2D eigenvalue weighted by molar-refractivity contribution is 0.0982. The lowest BCUT2D eigenvalue weighted by Gasteiger charge is -2.10. The number of nitrogens with zero attached hydrogens (tertiary/aromatic N) is 3. The molecule has 6 nitrogen and oxygen atoms in total. The second-order valence-electron chi connectivity index (χ2n) is 7.22. The van der Waals surface area contributed by atoms with E-state index in [2.05, 4.69) is 15.2 Å². The number of aromatic nitrogens is 3. The summed E-state index contributed by atoms with van der Waals surface area (Å²) >= 11 is 18.9. The van der Waals surface area contributed by atoms with Crippen LogP contribution in [-0.4, -0.2) is 26.0 Å². The standard InChI is InChI=1S/C23H17Cl3N4O2/c1-12-3-8-20(30(32)11-12)27-23(31)22-13(2)21(28-29-22)17-9-16(18(25)10-19(17)26)14-4-6-15(24)7-5-14/h3-11,32H,1-2H3,(H,28,29). The Morgan fingerprint density at radius 3 is 2.38 bits per heavy atom. The largest absolute Gasteiger partial charge is 0.427 e. The number of aromatic amines is 1. The van der Waals surface area contributed by atoms with Gasteiger partial charge in [0, 0.05) is 32.9 Å². The average molecular weight is 488 g/mol. The molecular formula is C23H17Cl3N4O2. The number of aryl methyl sites for hydroxylation is 1. The Kier molecular flexibility index (Phi) is 6.11. The van der Waals surface area contributed by atoms with Gasteiger partial charge < -0.3 is 5.21 Å². The first-order valence-corrected chi connectivity index (χ1v) is 10.7. The third kappa shape index (κ3) is 4.30.